The molecule has 0 fully saturated rings. The number of aryl methyl sites for hydroxylation is 1. The van der Waals surface area contributed by atoms with Crippen LogP contribution in [0.15, 0.2) is 69.9 Å². The highest BCUT2D eigenvalue weighted by atomic mass is 16.5. The monoisotopic (exact) mass is 445 g/mol. The van der Waals surface area contributed by atoms with Crippen LogP contribution in [-0.4, -0.2) is 36.1 Å². The molecule has 1 amide bonds. The number of hydrogen-bond acceptors (Lipinski definition) is 8. The van der Waals surface area contributed by atoms with E-state index in [0.717, 1.165) is 17.1 Å². The van der Waals surface area contributed by atoms with Crippen LogP contribution in [-0.2, 0) is 0 Å². The molecule has 0 unspecified atom stereocenters. The Morgan fingerprint density at radius 3 is 2.61 bits per heavy atom. The number of amides is 1. The zero-order valence-electron chi connectivity index (χ0n) is 18.2. The molecular weight excluding hydrogens is 422 g/mol. The molecule has 0 aliphatic heterocycles. The lowest BCUT2D eigenvalue weighted by atomic mass is 10.2. The molecule has 9 nitrogen and oxygen atoms in total. The Hall–Kier alpha value is -4.40. The van der Waals surface area contributed by atoms with Gasteiger partial charge in [-0.15, -0.1) is 0 Å². The topological polar surface area (TPSA) is 118 Å². The maximum atomic E-state index is 12.4. The van der Waals surface area contributed by atoms with E-state index >= 15 is 0 Å². The van der Waals surface area contributed by atoms with Crippen molar-refractivity contribution in [2.24, 2.45) is 0 Å². The Kier molecular flexibility index (Phi) is 6.49. The van der Waals surface area contributed by atoms with Crippen molar-refractivity contribution in [1.82, 2.24) is 15.3 Å². The average molecular weight is 445 g/mol. The number of aromatic nitrogens is 2. The van der Waals surface area contributed by atoms with Gasteiger partial charge in [0.05, 0.1) is 12.5 Å². The van der Waals surface area contributed by atoms with Crippen molar-refractivity contribution in [3.05, 3.63) is 82.3 Å². The molecule has 0 radical (unpaired) electrons. The van der Waals surface area contributed by atoms with E-state index in [4.69, 9.17) is 9.15 Å². The maximum Gasteiger partial charge on any atom is 0.287 e. The third kappa shape index (κ3) is 5.45. The van der Waals surface area contributed by atoms with Gasteiger partial charge in [0.25, 0.3) is 5.91 Å². The summed E-state index contributed by atoms with van der Waals surface area (Å²) in [7, 11) is 1.62. The SMILES string of the molecule is COc1ccc(Nc2cc(C)nc(NCCNC(=O)c3cc(=O)c4ccccc4o3)n2)cc1. The van der Waals surface area contributed by atoms with Crippen LogP contribution in [0.4, 0.5) is 17.5 Å². The van der Waals surface area contributed by atoms with Gasteiger partial charge in [0.15, 0.2) is 11.2 Å². The smallest absolute Gasteiger partial charge is 0.287 e. The summed E-state index contributed by atoms with van der Waals surface area (Å²) in [6, 6.07) is 17.3. The van der Waals surface area contributed by atoms with Gasteiger partial charge < -0.3 is 25.1 Å². The fraction of sp³-hybridized carbons (Fsp3) is 0.167. The van der Waals surface area contributed by atoms with Crippen molar-refractivity contribution >= 4 is 34.3 Å². The summed E-state index contributed by atoms with van der Waals surface area (Å²) in [6.45, 7) is 2.54. The van der Waals surface area contributed by atoms with Crippen molar-refractivity contribution in [1.29, 1.82) is 0 Å². The van der Waals surface area contributed by atoms with Crippen molar-refractivity contribution in [2.45, 2.75) is 6.92 Å². The molecule has 4 aromatic rings. The molecule has 3 N–H and O–H groups in total. The fourth-order valence-corrected chi connectivity index (χ4v) is 3.19. The number of nitrogens with zero attached hydrogens (tertiary/aromatic N) is 2. The minimum absolute atomic E-state index is 0.0310. The van der Waals surface area contributed by atoms with E-state index in [-0.39, 0.29) is 17.7 Å². The number of para-hydroxylation sites is 1. The van der Waals surface area contributed by atoms with Gasteiger partial charge in [-0.05, 0) is 43.3 Å². The average Bonchev–Trinajstić information content (AvgIpc) is 2.82. The molecule has 2 heterocycles. The first-order valence-electron chi connectivity index (χ1n) is 10.3. The number of hydrogen-bond donors (Lipinski definition) is 3. The van der Waals surface area contributed by atoms with Gasteiger partial charge in [0, 0.05) is 36.6 Å². The van der Waals surface area contributed by atoms with Crippen LogP contribution < -0.4 is 26.1 Å². The van der Waals surface area contributed by atoms with E-state index in [1.165, 1.54) is 6.07 Å². The predicted molar refractivity (Wildman–Crippen MR) is 126 cm³/mol. The van der Waals surface area contributed by atoms with E-state index in [1.54, 1.807) is 31.4 Å². The number of nitrogens with one attached hydrogen (secondary N) is 3. The first-order valence-corrected chi connectivity index (χ1v) is 10.3. The van der Waals surface area contributed by atoms with Crippen molar-refractivity contribution < 1.29 is 13.9 Å². The molecular formula is C24H23N5O4. The summed E-state index contributed by atoms with van der Waals surface area (Å²) in [5.41, 5.74) is 1.76. The largest absolute Gasteiger partial charge is 0.497 e. The summed E-state index contributed by atoms with van der Waals surface area (Å²) in [5.74, 6) is 1.34. The number of rotatable bonds is 8. The molecule has 2 aromatic heterocycles. The highest BCUT2D eigenvalue weighted by Gasteiger charge is 2.11. The number of anilines is 3. The van der Waals surface area contributed by atoms with Gasteiger partial charge in [-0.25, -0.2) is 4.98 Å². The summed E-state index contributed by atoms with van der Waals surface area (Å²) in [5, 5.41) is 9.48. The minimum atomic E-state index is -0.466. The maximum absolute atomic E-state index is 12.4. The Bertz CT molecular complexity index is 1340. The van der Waals surface area contributed by atoms with Crippen LogP contribution in [0.5, 0.6) is 5.75 Å². The van der Waals surface area contributed by atoms with Gasteiger partial charge in [-0.3, -0.25) is 9.59 Å². The summed E-state index contributed by atoms with van der Waals surface area (Å²) in [4.78, 5) is 33.4. The Balaban J connectivity index is 1.34. The molecule has 0 saturated heterocycles. The van der Waals surface area contributed by atoms with E-state index < -0.39 is 5.91 Å². The number of carbonyl (C=O) groups excluding carboxylic acids is 1. The van der Waals surface area contributed by atoms with Crippen LogP contribution >= 0.6 is 0 Å². The number of fused-ring (bicyclic) bond motifs is 1. The molecule has 0 aliphatic rings. The lowest BCUT2D eigenvalue weighted by molar-refractivity contribution is 0.0928. The Morgan fingerprint density at radius 2 is 1.82 bits per heavy atom. The second-order valence-corrected chi connectivity index (χ2v) is 7.23. The molecule has 0 atom stereocenters. The Morgan fingerprint density at radius 1 is 1.03 bits per heavy atom. The first kappa shape index (κ1) is 21.8. The summed E-state index contributed by atoms with van der Waals surface area (Å²) >= 11 is 0. The molecule has 0 spiro atoms. The van der Waals surface area contributed by atoms with E-state index in [9.17, 15) is 9.59 Å². The van der Waals surface area contributed by atoms with E-state index in [2.05, 4.69) is 25.9 Å². The molecule has 4 rings (SSSR count). The Labute approximate surface area is 189 Å². The number of carbonyl (C=O) groups is 1. The third-order valence-corrected chi connectivity index (χ3v) is 4.77. The van der Waals surface area contributed by atoms with Gasteiger partial charge in [0.1, 0.15) is 17.2 Å². The van der Waals surface area contributed by atoms with E-state index in [1.807, 2.05) is 37.3 Å². The normalized spacial score (nSPS) is 10.6. The quantitative estimate of drug-likeness (QED) is 0.353. The lowest BCUT2D eigenvalue weighted by Crippen LogP contribution is -2.29. The van der Waals surface area contributed by atoms with Gasteiger partial charge in [-0.2, -0.15) is 4.98 Å². The van der Waals surface area contributed by atoms with Crippen molar-refractivity contribution in [2.75, 3.05) is 30.8 Å². The van der Waals surface area contributed by atoms with Gasteiger partial charge in [-0.1, -0.05) is 12.1 Å². The standard InChI is InChI=1S/C24H23N5O4/c1-15-13-22(28-16-7-9-17(32-2)10-8-16)29-24(27-15)26-12-11-25-23(31)21-14-19(30)18-5-3-4-6-20(18)33-21/h3-10,13-14H,11-12H2,1-2H3,(H,25,31)(H2,26,27,28,29). The van der Waals surface area contributed by atoms with Crippen LogP contribution in [0.25, 0.3) is 11.0 Å². The molecule has 9 heteroatoms. The first-order chi connectivity index (χ1) is 16.0. The van der Waals surface area contributed by atoms with Crippen molar-refractivity contribution in [3.8, 4) is 5.75 Å². The van der Waals surface area contributed by atoms with E-state index in [0.29, 0.717) is 29.3 Å². The molecule has 2 aromatic carbocycles. The third-order valence-electron chi connectivity index (χ3n) is 4.77. The van der Waals surface area contributed by atoms with Crippen molar-refractivity contribution in [3.63, 3.8) is 0 Å². The van der Waals surface area contributed by atoms with Gasteiger partial charge >= 0.3 is 0 Å². The lowest BCUT2D eigenvalue weighted by Gasteiger charge is -2.11. The summed E-state index contributed by atoms with van der Waals surface area (Å²) in [6.07, 6.45) is 0. The highest BCUT2D eigenvalue weighted by Crippen LogP contribution is 2.20. The predicted octanol–water partition coefficient (Wildman–Crippen LogP) is 3.49. The molecule has 168 valence electrons. The van der Waals surface area contributed by atoms with Crippen LogP contribution in [0.3, 0.4) is 0 Å². The number of ether oxygens (including phenoxy) is 1. The minimum Gasteiger partial charge on any atom is -0.497 e. The van der Waals surface area contributed by atoms with Crippen LogP contribution in [0.2, 0.25) is 0 Å². The van der Waals surface area contributed by atoms with Crippen LogP contribution in [0, 0.1) is 6.92 Å². The molecule has 0 saturated carbocycles. The number of methoxy groups -OCH3 is 1. The molecule has 33 heavy (non-hydrogen) atoms. The number of benzene rings is 2. The fourth-order valence-electron chi connectivity index (χ4n) is 3.19. The van der Waals surface area contributed by atoms with Crippen LogP contribution in [0.1, 0.15) is 16.2 Å². The highest BCUT2D eigenvalue weighted by molar-refractivity contribution is 5.93. The zero-order chi connectivity index (χ0) is 23.2. The second-order valence-electron chi connectivity index (χ2n) is 7.23. The molecule has 0 bridgehead atoms. The summed E-state index contributed by atoms with van der Waals surface area (Å²) < 4.78 is 10.7. The van der Waals surface area contributed by atoms with Gasteiger partial charge in [0.2, 0.25) is 5.95 Å². The second kappa shape index (κ2) is 9.82. The zero-order valence-corrected chi connectivity index (χ0v) is 18.2. The molecule has 0 aliphatic carbocycles.